The molecular formula is C10H16N4S. The molecule has 1 saturated carbocycles. The molecule has 0 atom stereocenters. The predicted octanol–water partition coefficient (Wildman–Crippen LogP) is 2.11. The first-order valence-corrected chi connectivity index (χ1v) is 6.14. The highest BCUT2D eigenvalue weighted by Gasteiger charge is 2.18. The maximum absolute atomic E-state index is 5.38. The van der Waals surface area contributed by atoms with Crippen LogP contribution in [0.2, 0.25) is 0 Å². The number of nitrogens with two attached hydrogens (primary N) is 1. The Morgan fingerprint density at radius 1 is 1.40 bits per heavy atom. The van der Waals surface area contributed by atoms with Crippen molar-refractivity contribution >= 4 is 17.6 Å². The summed E-state index contributed by atoms with van der Waals surface area (Å²) in [6, 6.07) is 0. The zero-order valence-electron chi connectivity index (χ0n) is 8.86. The van der Waals surface area contributed by atoms with Gasteiger partial charge >= 0.3 is 0 Å². The number of rotatable bonds is 3. The molecule has 1 aromatic heterocycles. The Morgan fingerprint density at radius 3 is 2.80 bits per heavy atom. The number of hydrogen-bond acceptors (Lipinski definition) is 5. The molecule has 2 rings (SSSR count). The van der Waals surface area contributed by atoms with Crippen molar-refractivity contribution in [2.45, 2.75) is 42.9 Å². The monoisotopic (exact) mass is 224 g/mol. The second kappa shape index (κ2) is 4.81. The average molecular weight is 224 g/mol. The van der Waals surface area contributed by atoms with Crippen molar-refractivity contribution in [1.82, 2.24) is 9.97 Å². The number of nitrogen functional groups attached to an aromatic ring is 1. The fraction of sp³-hybridized carbons (Fsp3) is 0.600. The summed E-state index contributed by atoms with van der Waals surface area (Å²) in [5, 5.41) is 1.79. The summed E-state index contributed by atoms with van der Waals surface area (Å²) >= 11 is 1.86. The van der Waals surface area contributed by atoms with E-state index in [1.165, 1.54) is 25.7 Å². The molecule has 0 unspecified atom stereocenters. The van der Waals surface area contributed by atoms with E-state index in [2.05, 4.69) is 15.4 Å². The Morgan fingerprint density at radius 2 is 2.13 bits per heavy atom. The van der Waals surface area contributed by atoms with Crippen LogP contribution in [0.5, 0.6) is 0 Å². The van der Waals surface area contributed by atoms with Gasteiger partial charge in [-0.05, 0) is 19.8 Å². The molecule has 0 bridgehead atoms. The van der Waals surface area contributed by atoms with Crippen molar-refractivity contribution in [2.75, 3.05) is 5.43 Å². The molecule has 3 N–H and O–H groups in total. The summed E-state index contributed by atoms with van der Waals surface area (Å²) in [4.78, 5) is 8.38. The first-order valence-electron chi connectivity index (χ1n) is 5.26. The maximum Gasteiger partial charge on any atom is 0.147 e. The van der Waals surface area contributed by atoms with Gasteiger partial charge < -0.3 is 5.43 Å². The van der Waals surface area contributed by atoms with Gasteiger partial charge in [0.15, 0.2) is 0 Å². The average Bonchev–Trinajstić information content (AvgIpc) is 2.74. The van der Waals surface area contributed by atoms with E-state index >= 15 is 0 Å². The highest BCUT2D eigenvalue weighted by Crippen LogP contribution is 2.35. The lowest BCUT2D eigenvalue weighted by Crippen LogP contribution is -2.11. The predicted molar refractivity (Wildman–Crippen MR) is 62.7 cm³/mol. The normalized spacial score (nSPS) is 16.9. The Kier molecular flexibility index (Phi) is 3.43. The third-order valence-electron chi connectivity index (χ3n) is 2.76. The molecule has 1 aliphatic rings. The van der Waals surface area contributed by atoms with Gasteiger partial charge in [0.05, 0.1) is 0 Å². The molecule has 4 nitrogen and oxygen atoms in total. The minimum Gasteiger partial charge on any atom is -0.308 e. The summed E-state index contributed by atoms with van der Waals surface area (Å²) in [7, 11) is 0. The van der Waals surface area contributed by atoms with Gasteiger partial charge in [0.25, 0.3) is 0 Å². The molecule has 1 fully saturated rings. The van der Waals surface area contributed by atoms with Crippen LogP contribution >= 0.6 is 11.8 Å². The molecule has 0 saturated heterocycles. The van der Waals surface area contributed by atoms with Crippen LogP contribution in [0, 0.1) is 6.92 Å². The highest BCUT2D eigenvalue weighted by atomic mass is 32.2. The molecule has 0 aromatic carbocycles. The van der Waals surface area contributed by atoms with Crippen molar-refractivity contribution in [3.8, 4) is 0 Å². The maximum atomic E-state index is 5.38. The zero-order valence-corrected chi connectivity index (χ0v) is 9.68. The van der Waals surface area contributed by atoms with Crippen LogP contribution in [0.4, 0.5) is 5.82 Å². The number of thioether (sulfide) groups is 1. The van der Waals surface area contributed by atoms with E-state index in [1.807, 2.05) is 18.7 Å². The van der Waals surface area contributed by atoms with Crippen LogP contribution in [0.3, 0.4) is 0 Å². The van der Waals surface area contributed by atoms with Crippen LogP contribution in [-0.2, 0) is 0 Å². The minimum atomic E-state index is 0.726. The molecule has 1 aromatic rings. The van der Waals surface area contributed by atoms with Crippen molar-refractivity contribution < 1.29 is 0 Å². The Hall–Kier alpha value is -0.810. The lowest BCUT2D eigenvalue weighted by atomic mass is 10.3. The lowest BCUT2D eigenvalue weighted by molar-refractivity contribution is 0.886. The highest BCUT2D eigenvalue weighted by molar-refractivity contribution is 7.99. The number of hydrogen-bond donors (Lipinski definition) is 2. The van der Waals surface area contributed by atoms with E-state index in [0.29, 0.717) is 0 Å². The van der Waals surface area contributed by atoms with E-state index in [-0.39, 0.29) is 0 Å². The van der Waals surface area contributed by atoms with Gasteiger partial charge in [-0.2, -0.15) is 0 Å². The summed E-state index contributed by atoms with van der Waals surface area (Å²) in [6.45, 7) is 2.01. The molecule has 15 heavy (non-hydrogen) atoms. The van der Waals surface area contributed by atoms with Crippen molar-refractivity contribution in [3.05, 3.63) is 11.9 Å². The fourth-order valence-corrected chi connectivity index (χ4v) is 3.13. The molecule has 5 heteroatoms. The van der Waals surface area contributed by atoms with Gasteiger partial charge in [-0.25, -0.2) is 15.8 Å². The number of anilines is 1. The summed E-state index contributed by atoms with van der Waals surface area (Å²) < 4.78 is 0. The van der Waals surface area contributed by atoms with Crippen LogP contribution in [0.15, 0.2) is 11.4 Å². The topological polar surface area (TPSA) is 63.8 Å². The third kappa shape index (κ3) is 2.41. The third-order valence-corrected chi connectivity index (χ3v) is 4.19. The Labute approximate surface area is 94.0 Å². The van der Waals surface area contributed by atoms with Gasteiger partial charge in [-0.15, -0.1) is 11.8 Å². The van der Waals surface area contributed by atoms with E-state index in [0.717, 1.165) is 21.7 Å². The van der Waals surface area contributed by atoms with Gasteiger partial charge in [-0.1, -0.05) is 12.8 Å². The number of aromatic nitrogens is 2. The van der Waals surface area contributed by atoms with Crippen molar-refractivity contribution in [2.24, 2.45) is 5.84 Å². The van der Waals surface area contributed by atoms with Gasteiger partial charge in [0.1, 0.15) is 17.2 Å². The second-order valence-electron chi connectivity index (χ2n) is 3.82. The molecule has 0 aliphatic heterocycles. The Bertz CT molecular complexity index is 336. The minimum absolute atomic E-state index is 0.726. The van der Waals surface area contributed by atoms with Crippen LogP contribution in [-0.4, -0.2) is 15.2 Å². The molecular weight excluding hydrogens is 208 g/mol. The van der Waals surface area contributed by atoms with Crippen molar-refractivity contribution in [1.29, 1.82) is 0 Å². The number of hydrazine groups is 1. The number of nitrogens with one attached hydrogen (secondary N) is 1. The number of nitrogens with zero attached hydrogens (tertiary/aromatic N) is 2. The first-order chi connectivity index (χ1) is 7.31. The lowest BCUT2D eigenvalue weighted by Gasteiger charge is -2.11. The van der Waals surface area contributed by atoms with Crippen LogP contribution in [0.25, 0.3) is 0 Å². The standard InChI is InChI=1S/C10H16N4S/c1-7-9(14-11)12-6-13-10(7)15-8-4-2-3-5-8/h6,8H,2-5,11H2,1H3,(H,12,13,14). The molecule has 0 radical (unpaired) electrons. The smallest absolute Gasteiger partial charge is 0.147 e. The van der Waals surface area contributed by atoms with E-state index < -0.39 is 0 Å². The Balaban J connectivity index is 2.13. The van der Waals surface area contributed by atoms with E-state index in [4.69, 9.17) is 5.84 Å². The van der Waals surface area contributed by atoms with Crippen molar-refractivity contribution in [3.63, 3.8) is 0 Å². The van der Waals surface area contributed by atoms with Gasteiger partial charge in [0, 0.05) is 10.8 Å². The quantitative estimate of drug-likeness (QED) is 0.467. The SMILES string of the molecule is Cc1c(NN)ncnc1SC1CCCC1. The summed E-state index contributed by atoms with van der Waals surface area (Å²) in [6.07, 6.45) is 6.88. The second-order valence-corrected chi connectivity index (χ2v) is 5.11. The largest absolute Gasteiger partial charge is 0.308 e. The van der Waals surface area contributed by atoms with Crippen LogP contribution in [0.1, 0.15) is 31.2 Å². The zero-order chi connectivity index (χ0) is 10.7. The molecule has 0 spiro atoms. The molecule has 0 amide bonds. The van der Waals surface area contributed by atoms with Crippen LogP contribution < -0.4 is 11.3 Å². The molecule has 1 heterocycles. The summed E-state index contributed by atoms with van der Waals surface area (Å²) in [5.41, 5.74) is 3.65. The molecule has 1 aliphatic carbocycles. The molecule has 82 valence electrons. The summed E-state index contributed by atoms with van der Waals surface area (Å²) in [5.74, 6) is 6.11. The van der Waals surface area contributed by atoms with Gasteiger partial charge in [0.2, 0.25) is 0 Å². The van der Waals surface area contributed by atoms with E-state index in [1.54, 1.807) is 6.33 Å². The first kappa shape index (κ1) is 10.7. The fourth-order valence-electron chi connectivity index (χ4n) is 1.86. The van der Waals surface area contributed by atoms with Gasteiger partial charge in [-0.3, -0.25) is 0 Å². The van der Waals surface area contributed by atoms with E-state index in [9.17, 15) is 0 Å².